The summed E-state index contributed by atoms with van der Waals surface area (Å²) in [6, 6.07) is 0.687. The van der Waals surface area contributed by atoms with Crippen LogP contribution in [0.15, 0.2) is 0 Å². The highest BCUT2D eigenvalue weighted by molar-refractivity contribution is 14.1. The molecular weight excluding hydrogens is 357 g/mol. The standard InChI is InChI=1S/C18H38IN/c1-8-16(20-14-15(3)19)13-18(7,9-2)12-10-11-17(4,5)6/h15-16,20H,8-14H2,1-7H3/t15-,16?,18?/m0/s1. The van der Waals surface area contributed by atoms with Gasteiger partial charge >= 0.3 is 0 Å². The topological polar surface area (TPSA) is 12.0 Å². The van der Waals surface area contributed by atoms with Gasteiger partial charge in [0.25, 0.3) is 0 Å². The molecule has 3 atom stereocenters. The average Bonchev–Trinajstić information content (AvgIpc) is 2.32. The van der Waals surface area contributed by atoms with Crippen molar-refractivity contribution < 1.29 is 0 Å². The smallest absolute Gasteiger partial charge is 0.0206 e. The van der Waals surface area contributed by atoms with Gasteiger partial charge in [-0.2, -0.15) is 0 Å². The van der Waals surface area contributed by atoms with Crippen LogP contribution in [-0.4, -0.2) is 16.5 Å². The molecule has 0 aromatic heterocycles. The lowest BCUT2D eigenvalue weighted by molar-refractivity contribution is 0.203. The number of rotatable bonds is 10. The summed E-state index contributed by atoms with van der Waals surface area (Å²) < 4.78 is 0.718. The van der Waals surface area contributed by atoms with E-state index in [0.29, 0.717) is 16.9 Å². The van der Waals surface area contributed by atoms with Crippen LogP contribution >= 0.6 is 22.6 Å². The van der Waals surface area contributed by atoms with E-state index in [1.807, 2.05) is 0 Å². The van der Waals surface area contributed by atoms with Crippen molar-refractivity contribution >= 4 is 22.6 Å². The van der Waals surface area contributed by atoms with Gasteiger partial charge in [0.15, 0.2) is 0 Å². The fourth-order valence-corrected chi connectivity index (χ4v) is 3.01. The van der Waals surface area contributed by atoms with Crippen LogP contribution in [0.2, 0.25) is 0 Å². The minimum atomic E-state index is 0.480. The van der Waals surface area contributed by atoms with Crippen molar-refractivity contribution in [2.24, 2.45) is 10.8 Å². The van der Waals surface area contributed by atoms with E-state index in [1.165, 1.54) is 38.5 Å². The summed E-state index contributed by atoms with van der Waals surface area (Å²) >= 11 is 2.51. The minimum Gasteiger partial charge on any atom is -0.313 e. The van der Waals surface area contributed by atoms with Crippen molar-refractivity contribution in [2.75, 3.05) is 6.54 Å². The summed E-state index contributed by atoms with van der Waals surface area (Å²) in [4.78, 5) is 0. The molecular formula is C18H38IN. The van der Waals surface area contributed by atoms with E-state index in [2.05, 4.69) is 76.4 Å². The Hall–Kier alpha value is 0.690. The van der Waals surface area contributed by atoms with E-state index in [1.54, 1.807) is 0 Å². The molecule has 0 radical (unpaired) electrons. The Morgan fingerprint density at radius 2 is 1.65 bits per heavy atom. The molecule has 0 bridgehead atoms. The van der Waals surface area contributed by atoms with Gasteiger partial charge in [0.2, 0.25) is 0 Å². The lowest BCUT2D eigenvalue weighted by Crippen LogP contribution is -2.37. The van der Waals surface area contributed by atoms with Gasteiger partial charge in [-0.1, -0.05) is 83.9 Å². The van der Waals surface area contributed by atoms with Crippen LogP contribution in [0, 0.1) is 10.8 Å². The van der Waals surface area contributed by atoms with E-state index in [-0.39, 0.29) is 0 Å². The second-order valence-electron chi connectivity index (χ2n) is 8.08. The lowest BCUT2D eigenvalue weighted by atomic mass is 9.75. The van der Waals surface area contributed by atoms with Gasteiger partial charge in [-0.15, -0.1) is 0 Å². The van der Waals surface area contributed by atoms with Crippen molar-refractivity contribution in [3.63, 3.8) is 0 Å². The zero-order valence-electron chi connectivity index (χ0n) is 15.0. The van der Waals surface area contributed by atoms with Gasteiger partial charge in [-0.3, -0.25) is 0 Å². The van der Waals surface area contributed by atoms with Crippen molar-refractivity contribution in [1.29, 1.82) is 0 Å². The molecule has 0 heterocycles. The largest absolute Gasteiger partial charge is 0.313 e. The first kappa shape index (κ1) is 20.7. The summed E-state index contributed by atoms with van der Waals surface area (Å²) in [7, 11) is 0. The van der Waals surface area contributed by atoms with Crippen LogP contribution in [0.3, 0.4) is 0 Å². The summed E-state index contributed by atoms with van der Waals surface area (Å²) in [5, 5.41) is 3.76. The predicted molar refractivity (Wildman–Crippen MR) is 102 cm³/mol. The van der Waals surface area contributed by atoms with E-state index in [0.717, 1.165) is 10.5 Å². The van der Waals surface area contributed by atoms with Crippen LogP contribution in [0.1, 0.15) is 87.0 Å². The van der Waals surface area contributed by atoms with Crippen molar-refractivity contribution in [2.45, 2.75) is 97.0 Å². The molecule has 0 aliphatic carbocycles. The highest BCUT2D eigenvalue weighted by atomic mass is 127. The molecule has 0 rings (SSSR count). The number of halogens is 1. The maximum absolute atomic E-state index is 3.76. The Balaban J connectivity index is 4.31. The number of hydrogen-bond donors (Lipinski definition) is 1. The number of nitrogens with one attached hydrogen (secondary N) is 1. The Morgan fingerprint density at radius 1 is 1.05 bits per heavy atom. The second kappa shape index (κ2) is 9.66. The van der Waals surface area contributed by atoms with Crippen molar-refractivity contribution in [3.8, 4) is 0 Å². The molecule has 2 unspecified atom stereocenters. The lowest BCUT2D eigenvalue weighted by Gasteiger charge is -2.34. The molecule has 122 valence electrons. The Bertz CT molecular complexity index is 244. The Morgan fingerprint density at radius 3 is 2.05 bits per heavy atom. The molecule has 0 aromatic rings. The molecule has 0 saturated heterocycles. The first-order valence-corrected chi connectivity index (χ1v) is 9.74. The Kier molecular flexibility index (Phi) is 9.99. The predicted octanol–water partition coefficient (Wildman–Crippen LogP) is 6.20. The van der Waals surface area contributed by atoms with Crippen molar-refractivity contribution in [1.82, 2.24) is 5.32 Å². The molecule has 0 amide bonds. The zero-order valence-corrected chi connectivity index (χ0v) is 17.1. The maximum atomic E-state index is 3.76. The summed E-state index contributed by atoms with van der Waals surface area (Å²) in [5.74, 6) is 0. The second-order valence-corrected chi connectivity index (χ2v) is 10.2. The van der Waals surface area contributed by atoms with Crippen LogP contribution in [0.5, 0.6) is 0 Å². The monoisotopic (exact) mass is 395 g/mol. The van der Waals surface area contributed by atoms with Gasteiger partial charge < -0.3 is 5.32 Å². The molecule has 0 fully saturated rings. The third kappa shape index (κ3) is 10.4. The molecule has 20 heavy (non-hydrogen) atoms. The van der Waals surface area contributed by atoms with Gasteiger partial charge in [-0.25, -0.2) is 0 Å². The van der Waals surface area contributed by atoms with Gasteiger partial charge in [-0.05, 0) is 36.5 Å². The first-order valence-electron chi connectivity index (χ1n) is 8.49. The fraction of sp³-hybridized carbons (Fsp3) is 1.00. The molecule has 0 aromatic carbocycles. The normalized spacial score (nSPS) is 18.6. The Labute approximate surface area is 142 Å². The summed E-state index contributed by atoms with van der Waals surface area (Å²) in [6.07, 6.45) is 7.96. The molecule has 1 nitrogen and oxygen atoms in total. The van der Waals surface area contributed by atoms with E-state index in [4.69, 9.17) is 0 Å². The first-order chi connectivity index (χ1) is 9.12. The van der Waals surface area contributed by atoms with E-state index >= 15 is 0 Å². The van der Waals surface area contributed by atoms with Crippen LogP contribution in [0.25, 0.3) is 0 Å². The fourth-order valence-electron chi connectivity index (χ4n) is 2.75. The summed E-state index contributed by atoms with van der Waals surface area (Å²) in [6.45, 7) is 17.7. The molecule has 0 spiro atoms. The van der Waals surface area contributed by atoms with E-state index in [9.17, 15) is 0 Å². The van der Waals surface area contributed by atoms with Crippen LogP contribution < -0.4 is 5.32 Å². The number of hydrogen-bond acceptors (Lipinski definition) is 1. The third-order valence-electron chi connectivity index (χ3n) is 4.48. The van der Waals surface area contributed by atoms with Crippen molar-refractivity contribution in [3.05, 3.63) is 0 Å². The highest BCUT2D eigenvalue weighted by Crippen LogP contribution is 2.36. The quantitative estimate of drug-likeness (QED) is 0.343. The molecule has 2 heteroatoms. The SMILES string of the molecule is CCC(CC(C)(CC)CCCC(C)(C)C)NC[C@H](C)I. The summed E-state index contributed by atoms with van der Waals surface area (Å²) in [5.41, 5.74) is 0.987. The van der Waals surface area contributed by atoms with Gasteiger partial charge in [0.05, 0.1) is 0 Å². The third-order valence-corrected chi connectivity index (χ3v) is 4.92. The van der Waals surface area contributed by atoms with Crippen LogP contribution in [0.4, 0.5) is 0 Å². The minimum absolute atomic E-state index is 0.480. The average molecular weight is 395 g/mol. The highest BCUT2D eigenvalue weighted by Gasteiger charge is 2.26. The van der Waals surface area contributed by atoms with Crippen LogP contribution in [-0.2, 0) is 0 Å². The molecule has 0 aliphatic rings. The van der Waals surface area contributed by atoms with Gasteiger partial charge in [0, 0.05) is 16.5 Å². The van der Waals surface area contributed by atoms with Gasteiger partial charge in [0.1, 0.15) is 0 Å². The maximum Gasteiger partial charge on any atom is 0.0206 e. The van der Waals surface area contributed by atoms with E-state index < -0.39 is 0 Å². The number of alkyl halides is 1. The molecule has 0 saturated carbocycles. The zero-order chi connectivity index (χ0) is 15.8. The molecule has 1 N–H and O–H groups in total. The molecule has 0 aliphatic heterocycles.